The first-order valence-electron chi connectivity index (χ1n) is 33.2. The van der Waals surface area contributed by atoms with E-state index in [0.717, 1.165) is 39.9 Å². The van der Waals surface area contributed by atoms with Gasteiger partial charge in [-0.15, -0.1) is 0 Å². The van der Waals surface area contributed by atoms with Gasteiger partial charge in [-0.1, -0.05) is 153 Å². The fourth-order valence-corrected chi connectivity index (χ4v) is 10.4. The van der Waals surface area contributed by atoms with Gasteiger partial charge in [0, 0.05) is 37.4 Å². The molecule has 0 bridgehead atoms. The topological polar surface area (TPSA) is 422 Å². The quantitative estimate of drug-likeness (QED) is 0.0421. The van der Waals surface area contributed by atoms with Crippen molar-refractivity contribution in [3.05, 3.63) is 179 Å². The smallest absolute Gasteiger partial charge is 0.407 e. The second-order valence-corrected chi connectivity index (χ2v) is 23.4. The molecule has 9 rings (SSSR count). The third-order valence-electron chi connectivity index (χ3n) is 15.6. The number of alkyl carbamates (subject to hydrolysis) is 3. The molecule has 6 aromatic carbocycles. The zero-order chi connectivity index (χ0) is 74.2. The fraction of sp³-hybridized carbons (Fsp3) is 0.378. The Hall–Kier alpha value is -10.7. The molecule has 16 N–H and O–H groups in total. The summed E-state index contributed by atoms with van der Waals surface area (Å²) in [5.74, 6) is -3.83. The van der Waals surface area contributed by atoms with Crippen molar-refractivity contribution in [2.75, 3.05) is 46.0 Å². The minimum atomic E-state index is -1.35. The summed E-state index contributed by atoms with van der Waals surface area (Å²) in [6.45, 7) is 21.2. The van der Waals surface area contributed by atoms with Crippen LogP contribution in [0.3, 0.4) is 0 Å². The van der Waals surface area contributed by atoms with E-state index in [0.29, 0.717) is 26.2 Å². The van der Waals surface area contributed by atoms with Crippen molar-refractivity contribution in [1.82, 2.24) is 42.5 Å². The summed E-state index contributed by atoms with van der Waals surface area (Å²) in [6, 6.07) is 43.6. The summed E-state index contributed by atoms with van der Waals surface area (Å²) in [5, 5.41) is 30.5. The van der Waals surface area contributed by atoms with E-state index in [1.165, 1.54) is 68.0 Å². The third kappa shape index (κ3) is 24.4. The van der Waals surface area contributed by atoms with Gasteiger partial charge in [-0.2, -0.15) is 0 Å². The molecule has 100 heavy (non-hydrogen) atoms. The zero-order valence-corrected chi connectivity index (χ0v) is 58.6. The highest BCUT2D eigenvalue weighted by molar-refractivity contribution is 5.94. The molecule has 0 unspecified atom stereocenters. The van der Waals surface area contributed by atoms with E-state index in [4.69, 9.17) is 37.1 Å². The van der Waals surface area contributed by atoms with Gasteiger partial charge < -0.3 is 89.6 Å². The van der Waals surface area contributed by atoms with Gasteiger partial charge in [-0.3, -0.25) is 28.8 Å². The Morgan fingerprint density at radius 2 is 0.610 bits per heavy atom. The number of fused-ring (bicyclic) bond motifs is 9. The molecule has 0 aromatic heterocycles. The Bertz CT molecular complexity index is 3600. The summed E-state index contributed by atoms with van der Waals surface area (Å²) >= 11 is 0. The number of amides is 9. The Kier molecular flexibility index (Phi) is 33.9. The van der Waals surface area contributed by atoms with Crippen LogP contribution in [-0.2, 0) is 47.8 Å². The Morgan fingerprint density at radius 3 is 0.880 bits per heavy atom. The van der Waals surface area contributed by atoms with Crippen molar-refractivity contribution in [3.63, 3.8) is 0 Å². The third-order valence-corrected chi connectivity index (χ3v) is 15.6. The first-order valence-corrected chi connectivity index (χ1v) is 33.2. The molecule has 0 fully saturated rings. The minimum absolute atomic E-state index is 0.0120. The van der Waals surface area contributed by atoms with Crippen molar-refractivity contribution in [1.29, 1.82) is 0 Å². The van der Waals surface area contributed by atoms with Crippen molar-refractivity contribution in [3.8, 4) is 33.4 Å². The van der Waals surface area contributed by atoms with E-state index in [1.807, 2.05) is 125 Å². The number of nitrogens with one attached hydrogen (secondary N) is 8. The van der Waals surface area contributed by atoms with Gasteiger partial charge in [0.25, 0.3) is 0 Å². The summed E-state index contributed by atoms with van der Waals surface area (Å²) in [4.78, 5) is 114. The van der Waals surface area contributed by atoms with Crippen LogP contribution in [0.25, 0.3) is 33.4 Å². The van der Waals surface area contributed by atoms with Crippen LogP contribution in [0.2, 0.25) is 0 Å². The molecule has 3 aliphatic rings. The number of primary amides is 1. The van der Waals surface area contributed by atoms with Gasteiger partial charge in [-0.05, 0) is 143 Å². The summed E-state index contributed by atoms with van der Waals surface area (Å²) in [7, 11) is 0. The first kappa shape index (κ1) is 81.7. The number of hydrogen-bond donors (Lipinski definition) is 12. The molecular formula is C74H97N12O14-. The number of carbonyl (C=O) groups is 10. The molecule has 7 atom stereocenters. The normalized spacial score (nSPS) is 13.7. The molecule has 0 heterocycles. The van der Waals surface area contributed by atoms with Gasteiger partial charge in [-0.25, -0.2) is 14.4 Å². The summed E-state index contributed by atoms with van der Waals surface area (Å²) in [5.41, 5.74) is 34.6. The number of hydrogen-bond acceptors (Lipinski definition) is 17. The molecule has 26 heteroatoms. The van der Waals surface area contributed by atoms with Crippen LogP contribution >= 0.6 is 0 Å². The number of ether oxygens (including phenoxy) is 3. The summed E-state index contributed by atoms with van der Waals surface area (Å²) in [6.07, 6.45) is -1.70. The van der Waals surface area contributed by atoms with Crippen LogP contribution in [0.15, 0.2) is 146 Å². The van der Waals surface area contributed by atoms with Gasteiger partial charge in [0.15, 0.2) is 0 Å². The summed E-state index contributed by atoms with van der Waals surface area (Å²) < 4.78 is 16.0. The van der Waals surface area contributed by atoms with Crippen LogP contribution < -0.4 is 70.6 Å². The average molecular weight is 1380 g/mol. The SMILES string of the molecule is CCN.CCNC(=O)OCC1c2ccccc2-c2ccccc21.CCNC(=O)[C@@H](C)N.CCNC(=O)[C@@H](C)NC(=O)OCC1c2ccccc2-c2ccccc21.C[C@@H](N)C(=O)N[C@H](C)C(=O)N[C@H](C)C(=O)N[C@H](C)C(N)=O.C[C@H](NC(=O)OCC1c2ccccc2-c2ccccc21)C(=O)[O-]. The fourth-order valence-electron chi connectivity index (χ4n) is 10.4. The van der Waals surface area contributed by atoms with E-state index in [-0.39, 0.29) is 54.9 Å². The van der Waals surface area contributed by atoms with Crippen molar-refractivity contribution >= 4 is 59.7 Å². The number of carboxylic acids is 1. The van der Waals surface area contributed by atoms with Gasteiger partial charge in [0.05, 0.1) is 24.1 Å². The standard InChI is InChI=1S/C20H22N2O3.C18H17NO4.C17H17NO2.C12H23N5O4.C5H12N2O.C2H7N/c1-3-21-19(23)13(2)22-20(24)25-12-18-16-10-6-4-8-14(16)15-9-5-7-11-17(15)18;1-11(17(20)21)19-18(22)23-10-16-14-8-4-2-6-12(14)13-7-3-5-9-15(13)16;1-2-18-17(19)20-11-16-14-9-5-3-7-12(14)13-8-4-6-10-15(13)16;1-5(13)10(19)16-7(3)12(21)17-8(4)11(20)15-6(2)9(14)18;1-3-7-5(8)4(2)6;1-2-3/h4-11,13,18H,3,12H2,1-2H3,(H,21,23)(H,22,24);2-9,11,16H,10H2,1H3,(H,19,22)(H,20,21);3-10,16H,2,11H2,1H3,(H,18,19);5-8H,13H2,1-4H3,(H2,14,18)(H,15,20)(H,16,19)(H,17,21);4H,3,6H2,1-2H3,(H,7,8);2-3H2,1H3/p-1/t13-;11-;;5-,6-,7-,8-;4-;/m10.11./s1. The number of likely N-dealkylation sites (N-methyl/N-ethyl adjacent to an activating group) is 2. The molecule has 26 nitrogen and oxygen atoms in total. The molecule has 0 saturated carbocycles. The number of benzene rings is 6. The lowest BCUT2D eigenvalue weighted by Gasteiger charge is -2.20. The molecule has 0 radical (unpaired) electrons. The molecule has 6 aromatic rings. The highest BCUT2D eigenvalue weighted by atomic mass is 16.6. The lowest BCUT2D eigenvalue weighted by Crippen LogP contribution is -2.55. The highest BCUT2D eigenvalue weighted by Crippen LogP contribution is 2.47. The van der Waals surface area contributed by atoms with E-state index >= 15 is 0 Å². The number of carbonyl (C=O) groups excluding carboxylic acids is 10. The first-order chi connectivity index (χ1) is 47.6. The van der Waals surface area contributed by atoms with E-state index in [1.54, 1.807) is 13.8 Å². The predicted molar refractivity (Wildman–Crippen MR) is 380 cm³/mol. The van der Waals surface area contributed by atoms with Gasteiger partial charge in [0.1, 0.15) is 44.0 Å². The Morgan fingerprint density at radius 1 is 0.360 bits per heavy atom. The number of aliphatic carboxylic acids is 1. The van der Waals surface area contributed by atoms with Crippen LogP contribution in [-0.4, -0.2) is 148 Å². The molecular weight excluding hydrogens is 1280 g/mol. The lowest BCUT2D eigenvalue weighted by atomic mass is 9.98. The Labute approximate surface area is 584 Å². The van der Waals surface area contributed by atoms with E-state index in [2.05, 4.69) is 91.1 Å². The predicted octanol–water partition coefficient (Wildman–Crippen LogP) is 5.03. The Balaban J connectivity index is 0.000000270. The molecule has 0 saturated heterocycles. The van der Waals surface area contributed by atoms with Crippen LogP contribution in [0, 0.1) is 0 Å². The average Bonchev–Trinajstić information content (AvgIpc) is 1.64. The van der Waals surface area contributed by atoms with E-state index < -0.39 is 78.0 Å². The van der Waals surface area contributed by atoms with Crippen LogP contribution in [0.4, 0.5) is 14.4 Å². The lowest BCUT2D eigenvalue weighted by molar-refractivity contribution is -0.307. The van der Waals surface area contributed by atoms with Crippen molar-refractivity contribution in [2.45, 2.75) is 136 Å². The second kappa shape index (κ2) is 41.5. The maximum Gasteiger partial charge on any atom is 0.407 e. The monoisotopic (exact) mass is 1380 g/mol. The van der Waals surface area contributed by atoms with Gasteiger partial charge in [0.2, 0.25) is 35.4 Å². The largest absolute Gasteiger partial charge is 0.548 e. The molecule has 0 spiro atoms. The number of rotatable bonds is 21. The minimum Gasteiger partial charge on any atom is -0.548 e. The zero-order valence-electron chi connectivity index (χ0n) is 58.6. The van der Waals surface area contributed by atoms with Crippen molar-refractivity contribution in [2.24, 2.45) is 22.9 Å². The maximum atomic E-state index is 12.0. The van der Waals surface area contributed by atoms with Crippen molar-refractivity contribution < 1.29 is 67.3 Å². The highest BCUT2D eigenvalue weighted by Gasteiger charge is 2.32. The molecule has 3 aliphatic carbocycles. The molecule has 0 aliphatic heterocycles. The number of carboxylic acid groups (broad SMARTS) is 1. The van der Waals surface area contributed by atoms with Crippen LogP contribution in [0.5, 0.6) is 0 Å². The second-order valence-electron chi connectivity index (χ2n) is 23.4. The molecule has 538 valence electrons. The number of nitrogens with two attached hydrogens (primary N) is 4. The maximum absolute atomic E-state index is 12.0. The molecule has 9 amide bonds. The van der Waals surface area contributed by atoms with Crippen LogP contribution in [0.1, 0.15) is 127 Å². The van der Waals surface area contributed by atoms with Gasteiger partial charge >= 0.3 is 18.3 Å². The van der Waals surface area contributed by atoms with E-state index in [9.17, 15) is 53.1 Å².